The van der Waals surface area contributed by atoms with Crippen LogP contribution in [0.25, 0.3) is 16.7 Å². The monoisotopic (exact) mass is 452 g/mol. The van der Waals surface area contributed by atoms with Gasteiger partial charge in [-0.2, -0.15) is 0 Å². The van der Waals surface area contributed by atoms with E-state index in [1.54, 1.807) is 7.11 Å². The number of hydrogen-bond acceptors (Lipinski definition) is 3. The molecular formula is C30H32N2O2. The lowest BCUT2D eigenvalue weighted by Crippen LogP contribution is -2.42. The second-order valence-corrected chi connectivity index (χ2v) is 9.39. The lowest BCUT2D eigenvalue weighted by atomic mass is 9.83. The zero-order chi connectivity index (χ0) is 23.3. The molecule has 5 rings (SSSR count). The van der Waals surface area contributed by atoms with Gasteiger partial charge in [0.25, 0.3) is 0 Å². The van der Waals surface area contributed by atoms with Gasteiger partial charge in [0, 0.05) is 44.3 Å². The quantitative estimate of drug-likeness (QED) is 0.513. The fourth-order valence-electron chi connectivity index (χ4n) is 4.92. The van der Waals surface area contributed by atoms with Gasteiger partial charge in [-0.25, -0.2) is 0 Å². The van der Waals surface area contributed by atoms with Crippen molar-refractivity contribution in [2.24, 2.45) is 5.92 Å². The molecule has 4 heteroatoms. The molecule has 1 N–H and O–H groups in total. The van der Waals surface area contributed by atoms with Crippen molar-refractivity contribution in [2.75, 3.05) is 26.8 Å². The topological polar surface area (TPSA) is 41.6 Å². The van der Waals surface area contributed by atoms with Crippen molar-refractivity contribution in [3.8, 4) is 11.1 Å². The van der Waals surface area contributed by atoms with Gasteiger partial charge >= 0.3 is 0 Å². The lowest BCUT2D eigenvalue weighted by Gasteiger charge is -2.36. The molecule has 0 aromatic heterocycles. The Morgan fingerprint density at radius 2 is 1.59 bits per heavy atom. The maximum Gasteiger partial charge on any atom is 0.249 e. The Bertz CT molecular complexity index is 1150. The van der Waals surface area contributed by atoms with Crippen molar-refractivity contribution in [2.45, 2.75) is 25.4 Å². The Morgan fingerprint density at radius 3 is 2.29 bits per heavy atom. The van der Waals surface area contributed by atoms with Gasteiger partial charge in [-0.15, -0.1) is 0 Å². The van der Waals surface area contributed by atoms with Crippen molar-refractivity contribution in [1.29, 1.82) is 0 Å². The van der Waals surface area contributed by atoms with E-state index in [1.807, 2.05) is 12.1 Å². The molecule has 1 aliphatic heterocycles. The zero-order valence-corrected chi connectivity index (χ0v) is 19.7. The van der Waals surface area contributed by atoms with E-state index in [1.165, 1.54) is 11.1 Å². The third kappa shape index (κ3) is 5.30. The van der Waals surface area contributed by atoms with Gasteiger partial charge in [-0.05, 0) is 46.7 Å². The summed E-state index contributed by atoms with van der Waals surface area (Å²) in [4.78, 5) is 15.9. The summed E-state index contributed by atoms with van der Waals surface area (Å²) in [6, 6.07) is 29.8. The summed E-state index contributed by atoms with van der Waals surface area (Å²) in [5.74, 6) is 0.190. The Labute approximate surface area is 202 Å². The van der Waals surface area contributed by atoms with Gasteiger partial charge in [0.1, 0.15) is 0 Å². The van der Waals surface area contributed by atoms with Gasteiger partial charge < -0.3 is 10.1 Å². The first-order valence-electron chi connectivity index (χ1n) is 12.2. The van der Waals surface area contributed by atoms with Crippen LogP contribution < -0.4 is 5.32 Å². The van der Waals surface area contributed by atoms with E-state index >= 15 is 0 Å². The number of amides is 1. The first-order chi connectivity index (χ1) is 16.7. The van der Waals surface area contributed by atoms with Crippen LogP contribution >= 0.6 is 0 Å². The maximum atomic E-state index is 13.5. The van der Waals surface area contributed by atoms with Crippen molar-refractivity contribution < 1.29 is 9.53 Å². The number of hydrogen-bond donors (Lipinski definition) is 1. The predicted molar refractivity (Wildman–Crippen MR) is 137 cm³/mol. The van der Waals surface area contributed by atoms with E-state index in [0.29, 0.717) is 19.2 Å². The Balaban J connectivity index is 1.54. The lowest BCUT2D eigenvalue weighted by molar-refractivity contribution is -0.118. The molecule has 1 unspecified atom stereocenters. The van der Waals surface area contributed by atoms with Crippen LogP contribution in [0.3, 0.4) is 0 Å². The maximum absolute atomic E-state index is 13.5. The van der Waals surface area contributed by atoms with E-state index in [2.05, 4.69) is 83.0 Å². The summed E-state index contributed by atoms with van der Waals surface area (Å²) in [6.07, 6.45) is 2.15. The molecule has 0 spiro atoms. The molecule has 1 aliphatic carbocycles. The molecule has 1 atom stereocenters. The molecule has 1 amide bonds. The number of carbonyl (C=O) groups excluding carboxylic acids is 1. The Kier molecular flexibility index (Phi) is 6.89. The minimum atomic E-state index is 0.0708. The number of rotatable bonds is 8. The van der Waals surface area contributed by atoms with E-state index < -0.39 is 0 Å². The van der Waals surface area contributed by atoms with E-state index in [9.17, 15) is 4.79 Å². The number of carbonyl (C=O) groups is 1. The Hall–Kier alpha value is -3.21. The first kappa shape index (κ1) is 22.6. The highest BCUT2D eigenvalue weighted by Gasteiger charge is 2.34. The molecule has 1 heterocycles. The molecule has 3 aromatic rings. The highest BCUT2D eigenvalue weighted by atomic mass is 16.5. The summed E-state index contributed by atoms with van der Waals surface area (Å²) >= 11 is 0. The predicted octanol–water partition coefficient (Wildman–Crippen LogP) is 5.16. The summed E-state index contributed by atoms with van der Waals surface area (Å²) in [5.41, 5.74) is 6.72. The number of nitrogens with one attached hydrogen (secondary N) is 1. The van der Waals surface area contributed by atoms with Crippen molar-refractivity contribution in [1.82, 2.24) is 10.2 Å². The number of ether oxygens (including phenoxy) is 1. The minimum Gasteiger partial charge on any atom is -0.384 e. The average molecular weight is 453 g/mol. The van der Waals surface area contributed by atoms with Crippen LogP contribution in [0.5, 0.6) is 0 Å². The minimum absolute atomic E-state index is 0.0708. The second kappa shape index (κ2) is 10.4. The molecule has 1 saturated carbocycles. The van der Waals surface area contributed by atoms with E-state index in [0.717, 1.165) is 48.2 Å². The van der Waals surface area contributed by atoms with E-state index in [-0.39, 0.29) is 11.8 Å². The molecule has 0 bridgehead atoms. The van der Waals surface area contributed by atoms with Crippen LogP contribution in [0.1, 0.15) is 24.0 Å². The summed E-state index contributed by atoms with van der Waals surface area (Å²) < 4.78 is 5.68. The second-order valence-electron chi connectivity index (χ2n) is 9.39. The summed E-state index contributed by atoms with van der Waals surface area (Å²) in [7, 11) is 1.75. The molecule has 0 saturated heterocycles. The number of methoxy groups -OCH3 is 1. The van der Waals surface area contributed by atoms with Crippen molar-refractivity contribution in [3.63, 3.8) is 0 Å². The first-order valence-corrected chi connectivity index (χ1v) is 12.2. The van der Waals surface area contributed by atoms with Crippen LogP contribution in [0.15, 0.2) is 90.5 Å². The molecule has 2 aliphatic rings. The smallest absolute Gasteiger partial charge is 0.249 e. The van der Waals surface area contributed by atoms with Crippen molar-refractivity contribution in [3.05, 3.63) is 102 Å². The van der Waals surface area contributed by atoms with Crippen LogP contribution in [0, 0.1) is 5.92 Å². The highest BCUT2D eigenvalue weighted by Crippen LogP contribution is 2.36. The van der Waals surface area contributed by atoms with E-state index in [4.69, 9.17) is 4.74 Å². The summed E-state index contributed by atoms with van der Waals surface area (Å²) in [6.45, 7) is 2.89. The normalized spacial score (nSPS) is 18.7. The van der Waals surface area contributed by atoms with Crippen LogP contribution in [0.4, 0.5) is 0 Å². The largest absolute Gasteiger partial charge is 0.384 e. The average Bonchev–Trinajstić information content (AvgIpc) is 3.69. The van der Waals surface area contributed by atoms with Gasteiger partial charge in [0.05, 0.1) is 6.61 Å². The van der Waals surface area contributed by atoms with Gasteiger partial charge in [-0.1, -0.05) is 78.9 Å². The van der Waals surface area contributed by atoms with Gasteiger partial charge in [0.15, 0.2) is 0 Å². The molecular weight excluding hydrogens is 420 g/mol. The zero-order valence-electron chi connectivity index (χ0n) is 19.7. The standard InChI is InChI=1S/C30H32N2O2/c1-34-21-26-19-32(18-22-9-4-2-5-10-22)20-28(30(33)31-27-15-16-27)29(26)25-14-8-13-24(17-25)23-11-6-3-7-12-23/h2-14,17,26-27H,15-16,18-21H2,1H3,(H,31,33). The fraction of sp³-hybridized carbons (Fsp3) is 0.300. The van der Waals surface area contributed by atoms with Crippen LogP contribution in [-0.2, 0) is 16.1 Å². The molecule has 34 heavy (non-hydrogen) atoms. The molecule has 3 aromatic carbocycles. The number of benzene rings is 3. The summed E-state index contributed by atoms with van der Waals surface area (Å²) in [5, 5.41) is 3.25. The fourth-order valence-corrected chi connectivity index (χ4v) is 4.92. The molecule has 174 valence electrons. The molecule has 0 radical (unpaired) electrons. The van der Waals surface area contributed by atoms with Crippen LogP contribution in [-0.4, -0.2) is 43.7 Å². The SMILES string of the molecule is COCC1CN(Cc2ccccc2)CC(C(=O)NC2CC2)=C1c1cccc(-c2ccccc2)c1. The van der Waals surface area contributed by atoms with Crippen LogP contribution in [0.2, 0.25) is 0 Å². The highest BCUT2D eigenvalue weighted by molar-refractivity contribution is 6.03. The third-order valence-corrected chi connectivity index (χ3v) is 6.68. The third-order valence-electron chi connectivity index (χ3n) is 6.68. The number of nitrogens with zero attached hydrogens (tertiary/aromatic N) is 1. The van der Waals surface area contributed by atoms with Gasteiger partial charge in [0.2, 0.25) is 5.91 Å². The Morgan fingerprint density at radius 1 is 0.912 bits per heavy atom. The van der Waals surface area contributed by atoms with Gasteiger partial charge in [-0.3, -0.25) is 9.69 Å². The van der Waals surface area contributed by atoms with Crippen molar-refractivity contribution >= 4 is 11.5 Å². The molecule has 1 fully saturated rings. The molecule has 4 nitrogen and oxygen atoms in total.